The molecule has 5 nitrogen and oxygen atoms in total. The van der Waals surface area contributed by atoms with E-state index < -0.39 is 23.1 Å². The number of rotatable bonds is 4. The number of hydrogen-bond acceptors (Lipinski definition) is 3. The van der Waals surface area contributed by atoms with Crippen molar-refractivity contribution < 1.29 is 14.7 Å². The molecule has 0 heterocycles. The van der Waals surface area contributed by atoms with Gasteiger partial charge in [-0.1, -0.05) is 20.8 Å². The van der Waals surface area contributed by atoms with Crippen molar-refractivity contribution in [1.82, 2.24) is 10.6 Å². The second-order valence-corrected chi connectivity index (χ2v) is 6.33. The van der Waals surface area contributed by atoms with Gasteiger partial charge in [-0.25, -0.2) is 0 Å². The Balaban J connectivity index is 4.50. The van der Waals surface area contributed by atoms with Gasteiger partial charge in [-0.05, 0) is 27.7 Å². The maximum atomic E-state index is 11.9. The normalized spacial score (nSPS) is 15.8. The number of aliphatic hydroxyl groups excluding tert-OH is 1. The molecule has 3 N–H and O–H groups in total. The van der Waals surface area contributed by atoms with E-state index in [-0.39, 0.29) is 11.8 Å². The van der Waals surface area contributed by atoms with Crippen LogP contribution in [0.4, 0.5) is 0 Å². The number of carbonyl (C=O) groups is 2. The summed E-state index contributed by atoms with van der Waals surface area (Å²) >= 11 is 0. The Labute approximate surface area is 109 Å². The molecule has 0 aromatic rings. The van der Waals surface area contributed by atoms with Crippen LogP contribution in [-0.4, -0.2) is 34.6 Å². The Hall–Kier alpha value is -1.10. The monoisotopic (exact) mass is 258 g/mol. The highest BCUT2D eigenvalue weighted by atomic mass is 16.3. The van der Waals surface area contributed by atoms with Crippen molar-refractivity contribution in [3.8, 4) is 0 Å². The summed E-state index contributed by atoms with van der Waals surface area (Å²) in [4.78, 5) is 23.6. The summed E-state index contributed by atoms with van der Waals surface area (Å²) in [6, 6.07) is -0.630. The Morgan fingerprint density at radius 2 is 1.50 bits per heavy atom. The predicted molar refractivity (Wildman–Crippen MR) is 71.0 cm³/mol. The molecule has 0 aromatic carbocycles. The highest BCUT2D eigenvalue weighted by molar-refractivity contribution is 5.89. The van der Waals surface area contributed by atoms with Crippen LogP contribution in [0.15, 0.2) is 0 Å². The Bertz CT molecular complexity index is 317. The molecular formula is C13H26N2O3. The third-order valence-corrected chi connectivity index (χ3v) is 2.91. The van der Waals surface area contributed by atoms with Crippen LogP contribution in [-0.2, 0) is 9.59 Å². The fraction of sp³-hybridized carbons (Fsp3) is 0.846. The quantitative estimate of drug-likeness (QED) is 0.698. The first-order valence-corrected chi connectivity index (χ1v) is 6.19. The average Bonchev–Trinajstić information content (AvgIpc) is 2.14. The zero-order valence-corrected chi connectivity index (χ0v) is 12.4. The van der Waals surface area contributed by atoms with Crippen LogP contribution in [0.1, 0.15) is 48.5 Å². The Morgan fingerprint density at radius 1 is 1.06 bits per heavy atom. The van der Waals surface area contributed by atoms with E-state index in [4.69, 9.17) is 0 Å². The van der Waals surface area contributed by atoms with Crippen molar-refractivity contribution in [2.24, 2.45) is 5.41 Å². The minimum atomic E-state index is -0.724. The maximum Gasteiger partial charge on any atom is 0.242 e. The van der Waals surface area contributed by atoms with Crippen molar-refractivity contribution in [1.29, 1.82) is 0 Å². The Morgan fingerprint density at radius 3 is 1.83 bits per heavy atom. The van der Waals surface area contributed by atoms with Gasteiger partial charge in [0.1, 0.15) is 6.04 Å². The van der Waals surface area contributed by atoms with E-state index in [1.54, 1.807) is 48.5 Å². The smallest absolute Gasteiger partial charge is 0.242 e. The molecule has 2 amide bonds. The molecule has 2 unspecified atom stereocenters. The lowest BCUT2D eigenvalue weighted by Crippen LogP contribution is -2.57. The summed E-state index contributed by atoms with van der Waals surface area (Å²) in [5.41, 5.74) is -1.26. The van der Waals surface area contributed by atoms with Gasteiger partial charge in [0.15, 0.2) is 0 Å². The van der Waals surface area contributed by atoms with Gasteiger partial charge in [0.2, 0.25) is 11.8 Å². The molecule has 0 bridgehead atoms. The number of nitrogens with one attached hydrogen (secondary N) is 2. The molecule has 0 aliphatic carbocycles. The molecule has 2 atom stereocenters. The van der Waals surface area contributed by atoms with Crippen LogP contribution in [0.3, 0.4) is 0 Å². The minimum absolute atomic E-state index is 0.181. The molecular weight excluding hydrogens is 232 g/mol. The lowest BCUT2D eigenvalue weighted by atomic mass is 9.95. The summed E-state index contributed by atoms with van der Waals surface area (Å²) in [6.07, 6.45) is -0.674. The molecule has 0 aliphatic heterocycles. The third-order valence-electron chi connectivity index (χ3n) is 2.91. The van der Waals surface area contributed by atoms with Gasteiger partial charge in [-0.15, -0.1) is 0 Å². The number of amides is 2. The molecule has 0 saturated carbocycles. The first kappa shape index (κ1) is 16.9. The van der Waals surface area contributed by atoms with Gasteiger partial charge in [0, 0.05) is 5.41 Å². The third kappa shape index (κ3) is 5.04. The number of aliphatic hydroxyl groups is 1. The summed E-state index contributed by atoms with van der Waals surface area (Å²) in [5, 5.41) is 14.9. The van der Waals surface area contributed by atoms with E-state index in [2.05, 4.69) is 10.6 Å². The van der Waals surface area contributed by atoms with Gasteiger partial charge in [0.05, 0.1) is 11.6 Å². The van der Waals surface area contributed by atoms with Crippen LogP contribution in [0, 0.1) is 5.41 Å². The molecule has 0 aromatic heterocycles. The summed E-state index contributed by atoms with van der Waals surface area (Å²) in [7, 11) is 0. The molecule has 0 spiro atoms. The zero-order valence-electron chi connectivity index (χ0n) is 12.4. The first-order chi connectivity index (χ1) is 7.88. The lowest BCUT2D eigenvalue weighted by molar-refractivity contribution is -0.134. The van der Waals surface area contributed by atoms with Gasteiger partial charge in [-0.3, -0.25) is 9.59 Å². The van der Waals surface area contributed by atoms with Gasteiger partial charge in [0.25, 0.3) is 0 Å². The topological polar surface area (TPSA) is 78.4 Å². The lowest BCUT2D eigenvalue weighted by Gasteiger charge is -2.31. The summed E-state index contributed by atoms with van der Waals surface area (Å²) in [6.45, 7) is 12.0. The predicted octanol–water partition coefficient (Wildman–Crippen LogP) is 0.813. The molecule has 0 radical (unpaired) electrons. The van der Waals surface area contributed by atoms with Crippen molar-refractivity contribution in [2.45, 2.75) is 66.2 Å². The second-order valence-electron chi connectivity index (χ2n) is 6.33. The minimum Gasteiger partial charge on any atom is -0.391 e. The van der Waals surface area contributed by atoms with E-state index in [9.17, 15) is 14.7 Å². The average molecular weight is 258 g/mol. The van der Waals surface area contributed by atoms with Crippen LogP contribution in [0.25, 0.3) is 0 Å². The summed E-state index contributed by atoms with van der Waals surface area (Å²) < 4.78 is 0. The van der Waals surface area contributed by atoms with Crippen LogP contribution >= 0.6 is 0 Å². The van der Waals surface area contributed by atoms with E-state index >= 15 is 0 Å². The molecule has 5 heteroatoms. The standard InChI is InChI=1S/C13H26N2O3/c1-8(14-11(18)12(3,4)5)10(17)15-13(6,7)9(2)16/h8-9,16H,1-7H3,(H,14,18)(H,15,17). The van der Waals surface area contributed by atoms with E-state index in [0.29, 0.717) is 0 Å². The Kier molecular flexibility index (Phi) is 5.35. The van der Waals surface area contributed by atoms with Crippen molar-refractivity contribution in [3.05, 3.63) is 0 Å². The van der Waals surface area contributed by atoms with Crippen LogP contribution in [0.5, 0.6) is 0 Å². The van der Waals surface area contributed by atoms with Crippen molar-refractivity contribution >= 4 is 11.8 Å². The number of hydrogen-bond donors (Lipinski definition) is 3. The fourth-order valence-corrected chi connectivity index (χ4v) is 1.01. The summed E-state index contributed by atoms with van der Waals surface area (Å²) in [5.74, 6) is -0.487. The first-order valence-electron chi connectivity index (χ1n) is 6.19. The molecule has 18 heavy (non-hydrogen) atoms. The SMILES string of the molecule is CC(NC(=O)C(C)(C)C)C(=O)NC(C)(C)C(C)O. The highest BCUT2D eigenvalue weighted by Crippen LogP contribution is 2.13. The molecule has 0 fully saturated rings. The largest absolute Gasteiger partial charge is 0.391 e. The second kappa shape index (κ2) is 5.69. The van der Waals surface area contributed by atoms with Crippen molar-refractivity contribution in [3.63, 3.8) is 0 Å². The van der Waals surface area contributed by atoms with Gasteiger partial charge >= 0.3 is 0 Å². The van der Waals surface area contributed by atoms with Gasteiger partial charge < -0.3 is 15.7 Å². The van der Waals surface area contributed by atoms with Crippen LogP contribution < -0.4 is 10.6 Å². The highest BCUT2D eigenvalue weighted by Gasteiger charge is 2.30. The molecule has 106 valence electrons. The molecule has 0 aliphatic rings. The number of carbonyl (C=O) groups excluding carboxylic acids is 2. The molecule has 0 saturated heterocycles. The van der Waals surface area contributed by atoms with Crippen LogP contribution in [0.2, 0.25) is 0 Å². The van der Waals surface area contributed by atoms with Crippen molar-refractivity contribution in [2.75, 3.05) is 0 Å². The zero-order chi connectivity index (χ0) is 14.7. The maximum absolute atomic E-state index is 11.9. The van der Waals surface area contributed by atoms with Gasteiger partial charge in [-0.2, -0.15) is 0 Å². The fourth-order valence-electron chi connectivity index (χ4n) is 1.01. The van der Waals surface area contributed by atoms with E-state index in [1.807, 2.05) is 0 Å². The van der Waals surface area contributed by atoms with E-state index in [0.717, 1.165) is 0 Å². The molecule has 0 rings (SSSR count). The van der Waals surface area contributed by atoms with E-state index in [1.165, 1.54) is 0 Å².